The number of halogens is 1. The summed E-state index contributed by atoms with van der Waals surface area (Å²) in [5.74, 6) is 0.429. The van der Waals surface area contributed by atoms with Crippen LogP contribution in [0.15, 0.2) is 36.7 Å². The van der Waals surface area contributed by atoms with Gasteiger partial charge in [0.25, 0.3) is 5.91 Å². The Morgan fingerprint density at radius 1 is 1.24 bits per heavy atom. The van der Waals surface area contributed by atoms with Crippen molar-refractivity contribution in [3.63, 3.8) is 0 Å². The molecule has 0 unspecified atom stereocenters. The van der Waals surface area contributed by atoms with Gasteiger partial charge in [0.1, 0.15) is 17.8 Å². The minimum Gasteiger partial charge on any atom is -0.339 e. The molecule has 2 rings (SSSR count). The van der Waals surface area contributed by atoms with Crippen molar-refractivity contribution in [1.29, 1.82) is 0 Å². The van der Waals surface area contributed by atoms with E-state index in [4.69, 9.17) is 11.6 Å². The van der Waals surface area contributed by atoms with Crippen LogP contribution in [0.2, 0.25) is 5.02 Å². The highest BCUT2D eigenvalue weighted by Gasteiger charge is 2.14. The summed E-state index contributed by atoms with van der Waals surface area (Å²) in [5, 5.41) is 3.68. The molecule has 0 spiro atoms. The molecule has 1 aromatic carbocycles. The van der Waals surface area contributed by atoms with Crippen LogP contribution >= 0.6 is 11.6 Å². The molecule has 0 saturated carbocycles. The Balaban J connectivity index is 2.22. The zero-order valence-corrected chi connectivity index (χ0v) is 12.8. The summed E-state index contributed by atoms with van der Waals surface area (Å²) in [6.45, 7) is 5.16. The molecule has 0 aliphatic carbocycles. The van der Waals surface area contributed by atoms with Gasteiger partial charge in [-0.3, -0.25) is 4.79 Å². The standard InChI is InChI=1S/C15H17ClN4O/c1-3-20(4-2)15(21)13-9-14(18-10-17-13)19-12-8-6-5-7-11(12)16/h5-10H,3-4H2,1-2H3,(H,17,18,19). The average Bonchev–Trinajstić information content (AvgIpc) is 2.51. The fourth-order valence-corrected chi connectivity index (χ4v) is 2.10. The molecule has 2 aromatic rings. The lowest BCUT2D eigenvalue weighted by atomic mass is 10.3. The van der Waals surface area contributed by atoms with Crippen LogP contribution in [0.3, 0.4) is 0 Å². The number of hydrogen-bond acceptors (Lipinski definition) is 4. The summed E-state index contributed by atoms with van der Waals surface area (Å²) in [5.41, 5.74) is 1.10. The van der Waals surface area contributed by atoms with E-state index in [2.05, 4.69) is 15.3 Å². The third kappa shape index (κ3) is 3.70. The maximum Gasteiger partial charge on any atom is 0.272 e. The highest BCUT2D eigenvalue weighted by molar-refractivity contribution is 6.33. The van der Waals surface area contributed by atoms with Crippen LogP contribution in [0.4, 0.5) is 11.5 Å². The van der Waals surface area contributed by atoms with Crippen molar-refractivity contribution < 1.29 is 4.79 Å². The topological polar surface area (TPSA) is 58.1 Å². The number of nitrogens with zero attached hydrogens (tertiary/aromatic N) is 3. The van der Waals surface area contributed by atoms with Gasteiger partial charge in [0.05, 0.1) is 10.7 Å². The minimum atomic E-state index is -0.107. The number of benzene rings is 1. The van der Waals surface area contributed by atoms with Crippen molar-refractivity contribution in [2.45, 2.75) is 13.8 Å². The highest BCUT2D eigenvalue weighted by Crippen LogP contribution is 2.23. The Bertz CT molecular complexity index is 629. The van der Waals surface area contributed by atoms with E-state index < -0.39 is 0 Å². The molecule has 1 aromatic heterocycles. The lowest BCUT2D eigenvalue weighted by Gasteiger charge is -2.18. The fourth-order valence-electron chi connectivity index (χ4n) is 1.92. The molecule has 1 N–H and O–H groups in total. The highest BCUT2D eigenvalue weighted by atomic mass is 35.5. The number of amides is 1. The van der Waals surface area contributed by atoms with Gasteiger partial charge >= 0.3 is 0 Å². The summed E-state index contributed by atoms with van der Waals surface area (Å²) in [4.78, 5) is 22.1. The number of nitrogens with one attached hydrogen (secondary N) is 1. The van der Waals surface area contributed by atoms with Gasteiger partial charge in [0, 0.05) is 19.2 Å². The first-order valence-electron chi connectivity index (χ1n) is 6.78. The van der Waals surface area contributed by atoms with Crippen LogP contribution in [0.5, 0.6) is 0 Å². The first-order valence-corrected chi connectivity index (χ1v) is 7.16. The van der Waals surface area contributed by atoms with E-state index in [9.17, 15) is 4.79 Å². The van der Waals surface area contributed by atoms with Crippen molar-refractivity contribution >= 4 is 29.0 Å². The first kappa shape index (κ1) is 15.3. The lowest BCUT2D eigenvalue weighted by molar-refractivity contribution is 0.0767. The molecule has 0 aliphatic heterocycles. The largest absolute Gasteiger partial charge is 0.339 e. The summed E-state index contributed by atoms with van der Waals surface area (Å²) in [6, 6.07) is 8.98. The van der Waals surface area contributed by atoms with Gasteiger partial charge in [-0.1, -0.05) is 23.7 Å². The van der Waals surface area contributed by atoms with Gasteiger partial charge in [0.15, 0.2) is 0 Å². The van der Waals surface area contributed by atoms with Crippen LogP contribution in [-0.2, 0) is 0 Å². The van der Waals surface area contributed by atoms with E-state index in [-0.39, 0.29) is 5.91 Å². The summed E-state index contributed by atoms with van der Waals surface area (Å²) < 4.78 is 0. The Hall–Kier alpha value is -2.14. The molecular weight excluding hydrogens is 288 g/mol. The van der Waals surface area contributed by atoms with Crippen LogP contribution in [0.25, 0.3) is 0 Å². The Kier molecular flexibility index (Phi) is 5.11. The SMILES string of the molecule is CCN(CC)C(=O)c1cc(Nc2ccccc2Cl)ncn1. The number of aromatic nitrogens is 2. The average molecular weight is 305 g/mol. The molecule has 0 fully saturated rings. The zero-order valence-electron chi connectivity index (χ0n) is 12.0. The van der Waals surface area contributed by atoms with Gasteiger partial charge in [-0.15, -0.1) is 0 Å². The zero-order chi connectivity index (χ0) is 15.2. The number of carbonyl (C=O) groups excluding carboxylic acids is 1. The third-order valence-electron chi connectivity index (χ3n) is 3.07. The normalized spacial score (nSPS) is 10.2. The van der Waals surface area contributed by atoms with Crippen molar-refractivity contribution in [2.24, 2.45) is 0 Å². The second-order valence-corrected chi connectivity index (χ2v) is 4.78. The molecule has 21 heavy (non-hydrogen) atoms. The van der Waals surface area contributed by atoms with E-state index in [0.717, 1.165) is 5.69 Å². The van der Waals surface area contributed by atoms with Gasteiger partial charge in [-0.25, -0.2) is 9.97 Å². The maximum atomic E-state index is 12.3. The predicted molar refractivity (Wildman–Crippen MR) is 84.0 cm³/mol. The van der Waals surface area contributed by atoms with Crippen LogP contribution < -0.4 is 5.32 Å². The second kappa shape index (κ2) is 7.04. The second-order valence-electron chi connectivity index (χ2n) is 4.37. The lowest BCUT2D eigenvalue weighted by Crippen LogP contribution is -2.31. The summed E-state index contributed by atoms with van der Waals surface area (Å²) in [6.07, 6.45) is 1.37. The molecule has 1 heterocycles. The maximum absolute atomic E-state index is 12.3. The van der Waals surface area contributed by atoms with Crippen LogP contribution in [0.1, 0.15) is 24.3 Å². The van der Waals surface area contributed by atoms with Crippen LogP contribution in [0, 0.1) is 0 Å². The van der Waals surface area contributed by atoms with Crippen molar-refractivity contribution in [3.8, 4) is 0 Å². The summed E-state index contributed by atoms with van der Waals surface area (Å²) in [7, 11) is 0. The van der Waals surface area contributed by atoms with Crippen molar-refractivity contribution in [2.75, 3.05) is 18.4 Å². The first-order chi connectivity index (χ1) is 10.2. The number of para-hydroxylation sites is 1. The smallest absolute Gasteiger partial charge is 0.272 e. The number of carbonyl (C=O) groups is 1. The van der Waals surface area contributed by atoms with Gasteiger partial charge in [-0.05, 0) is 26.0 Å². The van der Waals surface area contributed by atoms with E-state index in [1.54, 1.807) is 17.0 Å². The van der Waals surface area contributed by atoms with E-state index >= 15 is 0 Å². The molecular formula is C15H17ClN4O. The summed E-state index contributed by atoms with van der Waals surface area (Å²) >= 11 is 6.09. The molecule has 0 bridgehead atoms. The van der Waals surface area contributed by atoms with Gasteiger partial charge in [0.2, 0.25) is 0 Å². The van der Waals surface area contributed by atoms with Crippen molar-refractivity contribution in [3.05, 3.63) is 47.4 Å². The number of hydrogen-bond donors (Lipinski definition) is 1. The van der Waals surface area contributed by atoms with Crippen molar-refractivity contribution in [1.82, 2.24) is 14.9 Å². The Labute approximate surface area is 129 Å². The fraction of sp³-hybridized carbons (Fsp3) is 0.267. The quantitative estimate of drug-likeness (QED) is 0.920. The Morgan fingerprint density at radius 3 is 2.62 bits per heavy atom. The molecule has 110 valence electrons. The van der Waals surface area contributed by atoms with E-state index in [1.807, 2.05) is 32.0 Å². The molecule has 6 heteroatoms. The predicted octanol–water partition coefficient (Wildman–Crippen LogP) is 3.36. The van der Waals surface area contributed by atoms with Gasteiger partial charge in [-0.2, -0.15) is 0 Å². The molecule has 0 aliphatic rings. The minimum absolute atomic E-state index is 0.107. The molecule has 0 atom stereocenters. The monoisotopic (exact) mass is 304 g/mol. The molecule has 0 saturated heterocycles. The molecule has 0 radical (unpaired) electrons. The molecule has 5 nitrogen and oxygen atoms in total. The van der Waals surface area contributed by atoms with Crippen LogP contribution in [-0.4, -0.2) is 33.9 Å². The number of anilines is 2. The molecule has 1 amide bonds. The third-order valence-corrected chi connectivity index (χ3v) is 3.40. The number of rotatable bonds is 5. The Morgan fingerprint density at radius 2 is 1.95 bits per heavy atom. The van der Waals surface area contributed by atoms with E-state index in [0.29, 0.717) is 29.6 Å². The van der Waals surface area contributed by atoms with Gasteiger partial charge < -0.3 is 10.2 Å². The van der Waals surface area contributed by atoms with E-state index in [1.165, 1.54) is 6.33 Å².